The first-order valence-electron chi connectivity index (χ1n) is 10.5. The van der Waals surface area contributed by atoms with Gasteiger partial charge in [-0.1, -0.05) is 53.7 Å². The summed E-state index contributed by atoms with van der Waals surface area (Å²) in [6, 6.07) is 16.7. The van der Waals surface area contributed by atoms with Crippen LogP contribution in [0, 0.1) is 13.8 Å². The summed E-state index contributed by atoms with van der Waals surface area (Å²) in [5.74, 6) is 0.270. The Labute approximate surface area is 186 Å². The summed E-state index contributed by atoms with van der Waals surface area (Å²) in [7, 11) is 0. The molecular weight excluding hydrogens is 408 g/mol. The molecule has 3 N–H and O–H groups in total. The molecule has 3 aliphatic rings. The van der Waals surface area contributed by atoms with Crippen molar-refractivity contribution >= 4 is 28.5 Å². The molecule has 0 bridgehead atoms. The zero-order valence-electron chi connectivity index (χ0n) is 17.6. The van der Waals surface area contributed by atoms with Gasteiger partial charge in [0, 0.05) is 18.1 Å². The standard InChI is InChI=1S/C23H26N6OS/c1-15-8-9-16(2)18(12-15)19-13-20-22-25-26-23(28(22)10-11-29(20)27-19)31-14-21(30)24-17-6-4-3-5-7-17/h3-12,19-20,22,25,27H,13-14H2,1-2H3,(H,24,30). The number of amides is 1. The normalized spacial score (nSPS) is 23.8. The third-order valence-electron chi connectivity index (χ3n) is 5.90. The minimum Gasteiger partial charge on any atom is -0.325 e. The first kappa shape index (κ1) is 20.0. The molecule has 2 aromatic rings. The summed E-state index contributed by atoms with van der Waals surface area (Å²) < 4.78 is 0. The highest BCUT2D eigenvalue weighted by Crippen LogP contribution is 2.36. The Kier molecular flexibility index (Phi) is 5.33. The van der Waals surface area contributed by atoms with Crippen molar-refractivity contribution in [3.05, 3.63) is 77.6 Å². The molecular formula is C23H26N6OS. The van der Waals surface area contributed by atoms with Crippen molar-refractivity contribution in [1.82, 2.24) is 20.8 Å². The van der Waals surface area contributed by atoms with E-state index in [1.165, 1.54) is 28.5 Å². The number of hydrogen-bond donors (Lipinski definition) is 3. The maximum Gasteiger partial charge on any atom is 0.234 e. The van der Waals surface area contributed by atoms with Crippen molar-refractivity contribution in [2.24, 2.45) is 5.10 Å². The van der Waals surface area contributed by atoms with Gasteiger partial charge in [0.2, 0.25) is 5.91 Å². The zero-order chi connectivity index (χ0) is 21.4. The Morgan fingerprint density at radius 2 is 2.03 bits per heavy atom. The molecule has 0 spiro atoms. The zero-order valence-corrected chi connectivity index (χ0v) is 18.4. The molecule has 7 nitrogen and oxygen atoms in total. The largest absolute Gasteiger partial charge is 0.325 e. The molecule has 0 radical (unpaired) electrons. The van der Waals surface area contributed by atoms with E-state index in [1.807, 2.05) is 36.5 Å². The Balaban J connectivity index is 1.21. The molecule has 2 aromatic carbocycles. The lowest BCUT2D eigenvalue weighted by atomic mass is 9.95. The molecule has 3 heterocycles. The molecule has 1 fully saturated rings. The van der Waals surface area contributed by atoms with Crippen molar-refractivity contribution < 1.29 is 4.79 Å². The molecule has 31 heavy (non-hydrogen) atoms. The molecule has 1 amide bonds. The van der Waals surface area contributed by atoms with Crippen molar-refractivity contribution in [1.29, 1.82) is 0 Å². The van der Waals surface area contributed by atoms with Gasteiger partial charge >= 0.3 is 0 Å². The number of nitrogens with one attached hydrogen (secondary N) is 3. The second kappa shape index (κ2) is 8.28. The fourth-order valence-electron chi connectivity index (χ4n) is 4.34. The third-order valence-corrected chi connectivity index (χ3v) is 6.87. The SMILES string of the molecule is Cc1ccc(C)c(C2CC3C4NN=C(SCC(=O)Nc5ccccc5)N4C=CN3N2)c1. The molecule has 3 unspecified atom stereocenters. The summed E-state index contributed by atoms with van der Waals surface area (Å²) >= 11 is 1.44. The van der Waals surface area contributed by atoms with Gasteiger partial charge in [-0.05, 0) is 43.5 Å². The quantitative estimate of drug-likeness (QED) is 0.686. The molecule has 0 saturated carbocycles. The van der Waals surface area contributed by atoms with E-state index in [0.717, 1.165) is 17.3 Å². The summed E-state index contributed by atoms with van der Waals surface area (Å²) in [5, 5.41) is 10.4. The van der Waals surface area contributed by atoms with E-state index >= 15 is 0 Å². The maximum atomic E-state index is 12.3. The number of carbonyl (C=O) groups is 1. The van der Waals surface area contributed by atoms with E-state index in [9.17, 15) is 4.79 Å². The van der Waals surface area contributed by atoms with Crippen molar-refractivity contribution in [2.75, 3.05) is 11.1 Å². The Morgan fingerprint density at radius 3 is 2.87 bits per heavy atom. The fourth-order valence-corrected chi connectivity index (χ4v) is 5.11. The molecule has 160 valence electrons. The first-order valence-corrected chi connectivity index (χ1v) is 11.5. The van der Waals surface area contributed by atoms with E-state index < -0.39 is 0 Å². The van der Waals surface area contributed by atoms with Gasteiger partial charge in [-0.15, -0.1) is 0 Å². The van der Waals surface area contributed by atoms with Gasteiger partial charge in [0.05, 0.1) is 17.8 Å². The highest BCUT2D eigenvalue weighted by molar-refractivity contribution is 8.14. The van der Waals surface area contributed by atoms with E-state index in [-0.39, 0.29) is 24.2 Å². The van der Waals surface area contributed by atoms with Gasteiger partial charge in [-0.25, -0.2) is 5.43 Å². The van der Waals surface area contributed by atoms with E-state index in [2.05, 4.69) is 69.4 Å². The number of carbonyl (C=O) groups excluding carboxylic acids is 1. The Bertz CT molecular complexity index is 1040. The molecule has 3 atom stereocenters. The van der Waals surface area contributed by atoms with Gasteiger partial charge < -0.3 is 15.2 Å². The van der Waals surface area contributed by atoms with Crippen LogP contribution in [0.5, 0.6) is 0 Å². The van der Waals surface area contributed by atoms with Crippen LogP contribution in [-0.4, -0.2) is 38.9 Å². The summed E-state index contributed by atoms with van der Waals surface area (Å²) in [4.78, 5) is 14.4. The van der Waals surface area contributed by atoms with Gasteiger partial charge in [0.15, 0.2) is 5.17 Å². The van der Waals surface area contributed by atoms with Crippen LogP contribution in [0.25, 0.3) is 0 Å². The Hall–Kier alpha value is -2.97. The van der Waals surface area contributed by atoms with Crippen molar-refractivity contribution in [2.45, 2.75) is 38.5 Å². The number of rotatable bonds is 4. The fraction of sp³-hybridized carbons (Fsp3) is 0.304. The van der Waals surface area contributed by atoms with E-state index in [0.29, 0.717) is 5.75 Å². The molecule has 3 aliphatic heterocycles. The molecule has 5 rings (SSSR count). The topological polar surface area (TPSA) is 72.0 Å². The second-order valence-electron chi connectivity index (χ2n) is 8.13. The molecule has 0 aromatic heterocycles. The minimum absolute atomic E-state index is 0.0394. The number of aryl methyl sites for hydroxylation is 2. The monoisotopic (exact) mass is 434 g/mol. The highest BCUT2D eigenvalue weighted by atomic mass is 32.2. The van der Waals surface area contributed by atoms with Crippen LogP contribution in [-0.2, 0) is 4.79 Å². The number of para-hydroxylation sites is 1. The van der Waals surface area contributed by atoms with Gasteiger partial charge in [-0.2, -0.15) is 5.10 Å². The number of hydrazone groups is 1. The number of amidine groups is 1. The van der Waals surface area contributed by atoms with Crippen molar-refractivity contribution in [3.63, 3.8) is 0 Å². The molecule has 8 heteroatoms. The molecule has 0 aliphatic carbocycles. The maximum absolute atomic E-state index is 12.3. The number of hydrogen-bond acceptors (Lipinski definition) is 7. The second-order valence-corrected chi connectivity index (χ2v) is 9.07. The van der Waals surface area contributed by atoms with Crippen LogP contribution >= 0.6 is 11.8 Å². The number of thioether (sulfide) groups is 1. The van der Waals surface area contributed by atoms with Gasteiger partial charge in [-0.3, -0.25) is 10.2 Å². The van der Waals surface area contributed by atoms with Crippen LogP contribution in [0.4, 0.5) is 5.69 Å². The van der Waals surface area contributed by atoms with E-state index in [4.69, 9.17) is 0 Å². The molecule has 1 saturated heterocycles. The average Bonchev–Trinajstić information content (AvgIpc) is 3.38. The smallest absolute Gasteiger partial charge is 0.234 e. The van der Waals surface area contributed by atoms with Crippen LogP contribution in [0.15, 0.2) is 66.0 Å². The van der Waals surface area contributed by atoms with Crippen LogP contribution in [0.3, 0.4) is 0 Å². The number of nitrogens with zero attached hydrogens (tertiary/aromatic N) is 3. The number of hydrazine groups is 1. The highest BCUT2D eigenvalue weighted by Gasteiger charge is 2.44. The van der Waals surface area contributed by atoms with Crippen molar-refractivity contribution in [3.8, 4) is 0 Å². The average molecular weight is 435 g/mol. The predicted molar refractivity (Wildman–Crippen MR) is 125 cm³/mol. The lowest BCUT2D eigenvalue weighted by molar-refractivity contribution is -0.113. The van der Waals surface area contributed by atoms with Gasteiger partial charge in [0.25, 0.3) is 0 Å². The Morgan fingerprint density at radius 1 is 1.19 bits per heavy atom. The lowest BCUT2D eigenvalue weighted by Gasteiger charge is -2.36. The predicted octanol–water partition coefficient (Wildman–Crippen LogP) is 3.28. The van der Waals surface area contributed by atoms with E-state index in [1.54, 1.807) is 0 Å². The van der Waals surface area contributed by atoms with Gasteiger partial charge in [0.1, 0.15) is 6.17 Å². The summed E-state index contributed by atoms with van der Waals surface area (Å²) in [6.07, 6.45) is 5.12. The minimum atomic E-state index is -0.0394. The third kappa shape index (κ3) is 4.00. The number of benzene rings is 2. The first-order chi connectivity index (χ1) is 15.1. The van der Waals surface area contributed by atoms with Crippen LogP contribution in [0.1, 0.15) is 29.2 Å². The number of fused-ring (bicyclic) bond motifs is 3. The van der Waals surface area contributed by atoms with Crippen LogP contribution < -0.4 is 16.2 Å². The van der Waals surface area contributed by atoms with Crippen LogP contribution in [0.2, 0.25) is 0 Å². The summed E-state index contributed by atoms with van der Waals surface area (Å²) in [6.45, 7) is 4.30. The summed E-state index contributed by atoms with van der Waals surface area (Å²) in [5.41, 5.74) is 11.7. The lowest BCUT2D eigenvalue weighted by Crippen LogP contribution is -2.54. The number of anilines is 1.